The standard InChI is InChI=1S/C28H28Cl2N2O4/c1-2-31-28(34)24(14-19-6-4-3-5-7-19)32(17-21-10-11-22(29)16-23(21)30)27(33)13-9-20-8-12-25-26(15-20)36-18-35-25/h3-8,10-12,15-16,24H,2,9,13-14,17-18H2,1H3,(H,31,34)/t24-/m1/s1. The molecule has 8 heteroatoms. The second-order valence-electron chi connectivity index (χ2n) is 8.55. The SMILES string of the molecule is CCNC(=O)[C@@H](Cc1ccccc1)N(Cc1ccc(Cl)cc1Cl)C(=O)CCc1ccc2c(c1)OCO2. The zero-order chi connectivity index (χ0) is 25.5. The van der Waals surface area contributed by atoms with Crippen molar-refractivity contribution < 1.29 is 19.1 Å². The predicted octanol–water partition coefficient (Wildman–Crippen LogP) is 5.43. The quantitative estimate of drug-likeness (QED) is 0.382. The van der Waals surface area contributed by atoms with E-state index < -0.39 is 6.04 Å². The molecule has 4 rings (SSSR count). The Labute approximate surface area is 221 Å². The molecule has 0 fully saturated rings. The zero-order valence-electron chi connectivity index (χ0n) is 20.0. The van der Waals surface area contributed by atoms with Gasteiger partial charge in [-0.25, -0.2) is 0 Å². The fourth-order valence-electron chi connectivity index (χ4n) is 4.17. The van der Waals surface area contributed by atoms with Gasteiger partial charge in [0.15, 0.2) is 11.5 Å². The highest BCUT2D eigenvalue weighted by Crippen LogP contribution is 2.33. The van der Waals surface area contributed by atoms with Crippen molar-refractivity contribution in [1.82, 2.24) is 10.2 Å². The van der Waals surface area contributed by atoms with Gasteiger partial charge in [-0.15, -0.1) is 0 Å². The van der Waals surface area contributed by atoms with Gasteiger partial charge in [0, 0.05) is 36.0 Å². The largest absolute Gasteiger partial charge is 0.454 e. The van der Waals surface area contributed by atoms with Crippen LogP contribution in [0.15, 0.2) is 66.7 Å². The minimum Gasteiger partial charge on any atom is -0.454 e. The zero-order valence-corrected chi connectivity index (χ0v) is 21.5. The molecule has 0 unspecified atom stereocenters. The van der Waals surface area contributed by atoms with Gasteiger partial charge in [-0.2, -0.15) is 0 Å². The molecule has 0 aromatic heterocycles. The molecule has 0 bridgehead atoms. The molecule has 0 radical (unpaired) electrons. The third-order valence-electron chi connectivity index (χ3n) is 6.04. The van der Waals surface area contributed by atoms with E-state index in [0.29, 0.717) is 40.9 Å². The second kappa shape index (κ2) is 12.2. The van der Waals surface area contributed by atoms with Crippen molar-refractivity contribution in [3.05, 3.63) is 93.5 Å². The van der Waals surface area contributed by atoms with E-state index in [1.807, 2.05) is 55.5 Å². The van der Waals surface area contributed by atoms with Crippen molar-refractivity contribution in [1.29, 1.82) is 0 Å². The molecule has 1 aliphatic heterocycles. The van der Waals surface area contributed by atoms with Crippen molar-refractivity contribution in [3.8, 4) is 11.5 Å². The molecule has 1 aliphatic rings. The average Bonchev–Trinajstić information content (AvgIpc) is 3.34. The van der Waals surface area contributed by atoms with E-state index in [1.165, 1.54) is 0 Å². The normalized spacial score (nSPS) is 12.8. The maximum absolute atomic E-state index is 13.7. The molecular formula is C28H28Cl2N2O4. The van der Waals surface area contributed by atoms with Crippen LogP contribution < -0.4 is 14.8 Å². The number of amides is 2. The van der Waals surface area contributed by atoms with Gasteiger partial charge < -0.3 is 19.7 Å². The number of fused-ring (bicyclic) bond motifs is 1. The van der Waals surface area contributed by atoms with Crippen molar-refractivity contribution in [3.63, 3.8) is 0 Å². The molecule has 36 heavy (non-hydrogen) atoms. The monoisotopic (exact) mass is 526 g/mol. The topological polar surface area (TPSA) is 67.9 Å². The first-order valence-electron chi connectivity index (χ1n) is 11.9. The number of halogens is 2. The summed E-state index contributed by atoms with van der Waals surface area (Å²) in [6, 6.07) is 19.8. The molecule has 0 saturated carbocycles. The fraction of sp³-hybridized carbons (Fsp3) is 0.286. The van der Waals surface area contributed by atoms with E-state index in [0.717, 1.165) is 16.7 Å². The Bertz CT molecular complexity index is 1220. The van der Waals surface area contributed by atoms with E-state index in [-0.39, 0.29) is 31.6 Å². The molecule has 6 nitrogen and oxygen atoms in total. The fourth-order valence-corrected chi connectivity index (χ4v) is 4.64. The van der Waals surface area contributed by atoms with Crippen molar-refractivity contribution in [2.45, 2.75) is 38.8 Å². The third kappa shape index (κ3) is 6.50. The summed E-state index contributed by atoms with van der Waals surface area (Å²) in [6.45, 7) is 2.70. The van der Waals surface area contributed by atoms with Gasteiger partial charge in [0.05, 0.1) is 0 Å². The summed E-state index contributed by atoms with van der Waals surface area (Å²) >= 11 is 12.5. The summed E-state index contributed by atoms with van der Waals surface area (Å²) in [6.07, 6.45) is 1.09. The van der Waals surface area contributed by atoms with Crippen molar-refractivity contribution >= 4 is 35.0 Å². The van der Waals surface area contributed by atoms with Crippen molar-refractivity contribution in [2.24, 2.45) is 0 Å². The number of likely N-dealkylation sites (N-methyl/N-ethyl adjacent to an activating group) is 1. The molecule has 0 saturated heterocycles. The number of carbonyl (C=O) groups excluding carboxylic acids is 2. The number of nitrogens with zero attached hydrogens (tertiary/aromatic N) is 1. The van der Waals surface area contributed by atoms with E-state index in [9.17, 15) is 9.59 Å². The average molecular weight is 527 g/mol. The van der Waals surface area contributed by atoms with Gasteiger partial charge in [-0.3, -0.25) is 9.59 Å². The van der Waals surface area contributed by atoms with Gasteiger partial charge >= 0.3 is 0 Å². The lowest BCUT2D eigenvalue weighted by molar-refractivity contribution is -0.141. The van der Waals surface area contributed by atoms with Gasteiger partial charge in [0.1, 0.15) is 6.04 Å². The Balaban J connectivity index is 1.60. The van der Waals surface area contributed by atoms with Gasteiger partial charge in [0.2, 0.25) is 18.6 Å². The lowest BCUT2D eigenvalue weighted by atomic mass is 10.0. The lowest BCUT2D eigenvalue weighted by Crippen LogP contribution is -2.50. The first kappa shape index (κ1) is 25.9. The minimum atomic E-state index is -0.705. The van der Waals surface area contributed by atoms with Crippen LogP contribution in [0, 0.1) is 0 Å². The third-order valence-corrected chi connectivity index (χ3v) is 6.63. The van der Waals surface area contributed by atoms with Gasteiger partial charge in [-0.05, 0) is 54.3 Å². The van der Waals surface area contributed by atoms with Crippen LogP contribution in [-0.2, 0) is 29.0 Å². The summed E-state index contributed by atoms with van der Waals surface area (Å²) in [7, 11) is 0. The number of hydrogen-bond donors (Lipinski definition) is 1. The van der Waals surface area contributed by atoms with Crippen LogP contribution in [0.4, 0.5) is 0 Å². The predicted molar refractivity (Wildman–Crippen MR) is 141 cm³/mol. The Hall–Kier alpha value is -3.22. The molecule has 1 atom stereocenters. The Morgan fingerprint density at radius 2 is 1.75 bits per heavy atom. The number of rotatable bonds is 10. The Kier molecular flexibility index (Phi) is 8.73. The summed E-state index contributed by atoms with van der Waals surface area (Å²) in [5.41, 5.74) is 2.64. The highest BCUT2D eigenvalue weighted by atomic mass is 35.5. The van der Waals surface area contributed by atoms with Crippen LogP contribution in [0.5, 0.6) is 11.5 Å². The molecule has 0 spiro atoms. The van der Waals surface area contributed by atoms with E-state index in [1.54, 1.807) is 23.1 Å². The molecule has 3 aromatic rings. The van der Waals surface area contributed by atoms with Crippen molar-refractivity contribution in [2.75, 3.05) is 13.3 Å². The van der Waals surface area contributed by atoms with Crippen LogP contribution in [0.25, 0.3) is 0 Å². The first-order valence-corrected chi connectivity index (χ1v) is 12.6. The maximum atomic E-state index is 13.7. The van der Waals surface area contributed by atoms with Gasteiger partial charge in [-0.1, -0.05) is 65.7 Å². The molecule has 1 heterocycles. The Morgan fingerprint density at radius 1 is 0.972 bits per heavy atom. The first-order chi connectivity index (χ1) is 17.4. The van der Waals surface area contributed by atoms with E-state index in [2.05, 4.69) is 5.32 Å². The molecule has 2 amide bonds. The summed E-state index contributed by atoms with van der Waals surface area (Å²) in [5, 5.41) is 3.85. The summed E-state index contributed by atoms with van der Waals surface area (Å²) < 4.78 is 10.8. The van der Waals surface area contributed by atoms with E-state index in [4.69, 9.17) is 32.7 Å². The second-order valence-corrected chi connectivity index (χ2v) is 9.39. The number of benzene rings is 3. The van der Waals surface area contributed by atoms with Gasteiger partial charge in [0.25, 0.3) is 0 Å². The molecule has 188 valence electrons. The van der Waals surface area contributed by atoms with Crippen LogP contribution in [0.1, 0.15) is 30.0 Å². The Morgan fingerprint density at radius 3 is 2.50 bits per heavy atom. The van der Waals surface area contributed by atoms with E-state index >= 15 is 0 Å². The lowest BCUT2D eigenvalue weighted by Gasteiger charge is -2.32. The molecule has 3 aromatic carbocycles. The number of nitrogens with one attached hydrogen (secondary N) is 1. The summed E-state index contributed by atoms with van der Waals surface area (Å²) in [5.74, 6) is 1.02. The molecule has 1 N–H and O–H groups in total. The van der Waals surface area contributed by atoms with Crippen LogP contribution in [0.2, 0.25) is 10.0 Å². The highest BCUT2D eigenvalue weighted by Gasteiger charge is 2.30. The van der Waals surface area contributed by atoms with Crippen LogP contribution >= 0.6 is 23.2 Å². The van der Waals surface area contributed by atoms with Crippen LogP contribution in [-0.4, -0.2) is 36.1 Å². The summed E-state index contributed by atoms with van der Waals surface area (Å²) in [4.78, 5) is 28.6. The number of ether oxygens (including phenoxy) is 2. The smallest absolute Gasteiger partial charge is 0.243 e. The molecular weight excluding hydrogens is 499 g/mol. The number of hydrogen-bond acceptors (Lipinski definition) is 4. The number of aryl methyl sites for hydroxylation is 1. The van der Waals surface area contributed by atoms with Crippen LogP contribution in [0.3, 0.4) is 0 Å². The molecule has 0 aliphatic carbocycles. The minimum absolute atomic E-state index is 0.147. The number of carbonyl (C=O) groups is 2. The maximum Gasteiger partial charge on any atom is 0.243 e. The highest BCUT2D eigenvalue weighted by molar-refractivity contribution is 6.35.